The number of carbonyl (C=O) groups excluding carboxylic acids is 2. The van der Waals surface area contributed by atoms with E-state index in [4.69, 9.17) is 11.6 Å². The average molecular weight is 459 g/mol. The lowest BCUT2D eigenvalue weighted by atomic mass is 10.2. The molecule has 0 unspecified atom stereocenters. The predicted molar refractivity (Wildman–Crippen MR) is 125 cm³/mol. The zero-order chi connectivity index (χ0) is 21.8. The molecule has 1 aliphatic heterocycles. The van der Waals surface area contributed by atoms with Crippen LogP contribution >= 0.6 is 22.9 Å². The molecule has 1 N–H and O–H groups in total. The van der Waals surface area contributed by atoms with Crippen LogP contribution < -0.4 is 5.32 Å². The molecule has 8 heteroatoms. The Morgan fingerprint density at radius 1 is 1.23 bits per heavy atom. The van der Waals surface area contributed by atoms with Gasteiger partial charge in [-0.05, 0) is 49.9 Å². The first-order valence-corrected chi connectivity index (χ1v) is 12.0. The number of halogens is 1. The summed E-state index contributed by atoms with van der Waals surface area (Å²) in [6.07, 6.45) is 4.62. The monoisotopic (exact) mass is 458 g/mol. The Morgan fingerprint density at radius 3 is 2.84 bits per heavy atom. The van der Waals surface area contributed by atoms with Gasteiger partial charge in [-0.3, -0.25) is 14.3 Å². The lowest BCUT2D eigenvalue weighted by molar-refractivity contribution is -0.130. The molecule has 164 valence electrons. The van der Waals surface area contributed by atoms with Crippen LogP contribution in [0.1, 0.15) is 53.0 Å². The summed E-state index contributed by atoms with van der Waals surface area (Å²) in [6, 6.07) is 9.64. The van der Waals surface area contributed by atoms with Gasteiger partial charge in [-0.2, -0.15) is 5.10 Å². The molecule has 2 aromatic heterocycles. The van der Waals surface area contributed by atoms with Crippen LogP contribution in [0.2, 0.25) is 5.02 Å². The predicted octanol–water partition coefficient (Wildman–Crippen LogP) is 4.63. The minimum Gasteiger partial charge on any atom is -0.351 e. The molecule has 0 saturated carbocycles. The van der Waals surface area contributed by atoms with E-state index in [9.17, 15) is 9.59 Å². The molecule has 1 fully saturated rings. The number of benzene rings is 1. The van der Waals surface area contributed by atoms with Gasteiger partial charge in [0.15, 0.2) is 0 Å². The fourth-order valence-corrected chi connectivity index (χ4v) is 5.13. The second kappa shape index (κ2) is 9.83. The molecule has 3 aromatic rings. The molecule has 1 aromatic carbocycles. The van der Waals surface area contributed by atoms with Crippen LogP contribution in [-0.2, 0) is 11.3 Å². The molecule has 0 aliphatic carbocycles. The van der Waals surface area contributed by atoms with Crippen molar-refractivity contribution in [1.29, 1.82) is 0 Å². The fraction of sp³-hybridized carbons (Fsp3) is 0.435. The van der Waals surface area contributed by atoms with E-state index in [0.717, 1.165) is 53.7 Å². The van der Waals surface area contributed by atoms with Crippen LogP contribution in [0.4, 0.5) is 0 Å². The second-order valence-electron chi connectivity index (χ2n) is 8.00. The maximum atomic E-state index is 12.7. The van der Waals surface area contributed by atoms with Gasteiger partial charge in [-0.1, -0.05) is 30.2 Å². The number of hydrogen-bond donors (Lipinski definition) is 1. The summed E-state index contributed by atoms with van der Waals surface area (Å²) in [7, 11) is 0. The van der Waals surface area contributed by atoms with Crippen molar-refractivity contribution in [2.75, 3.05) is 19.6 Å². The molecular formula is C23H27ClN4O2S. The third-order valence-corrected chi connectivity index (χ3v) is 7.04. The van der Waals surface area contributed by atoms with Crippen LogP contribution in [0.5, 0.6) is 0 Å². The lowest BCUT2D eigenvalue weighted by Crippen LogP contribution is -2.33. The molecule has 0 radical (unpaired) electrons. The van der Waals surface area contributed by atoms with E-state index in [2.05, 4.69) is 10.4 Å². The van der Waals surface area contributed by atoms with Gasteiger partial charge in [0.25, 0.3) is 5.91 Å². The summed E-state index contributed by atoms with van der Waals surface area (Å²) in [5.41, 5.74) is 2.02. The van der Waals surface area contributed by atoms with Gasteiger partial charge in [-0.25, -0.2) is 0 Å². The molecule has 6 nitrogen and oxygen atoms in total. The van der Waals surface area contributed by atoms with Crippen molar-refractivity contribution >= 4 is 45.0 Å². The van der Waals surface area contributed by atoms with Crippen molar-refractivity contribution < 1.29 is 9.59 Å². The Balaban J connectivity index is 1.36. The van der Waals surface area contributed by atoms with E-state index >= 15 is 0 Å². The second-order valence-corrected chi connectivity index (χ2v) is 9.47. The molecule has 3 heterocycles. The van der Waals surface area contributed by atoms with Crippen molar-refractivity contribution in [3.05, 3.63) is 51.5 Å². The first-order valence-electron chi connectivity index (χ1n) is 10.8. The lowest BCUT2D eigenvalue weighted by Gasteiger charge is -2.20. The molecule has 1 aliphatic rings. The third-order valence-electron chi connectivity index (χ3n) is 5.64. The quantitative estimate of drug-likeness (QED) is 0.525. The van der Waals surface area contributed by atoms with Gasteiger partial charge < -0.3 is 10.2 Å². The number of rotatable bonds is 7. The molecule has 0 atom stereocenters. The van der Waals surface area contributed by atoms with Gasteiger partial charge in [0.2, 0.25) is 5.91 Å². The standard InChI is InChI=1S/C23H27ClN4O2S/c1-16-19-14-20(22(30)25-11-5-13-27-12-4-2-3-6-21(27)29)31-23(19)28(26-16)15-17-7-9-18(24)10-8-17/h7-10,14H,2-6,11-13,15H2,1H3,(H,25,30). The number of fused-ring (bicyclic) bond motifs is 1. The zero-order valence-corrected chi connectivity index (χ0v) is 19.3. The molecule has 1 saturated heterocycles. The summed E-state index contributed by atoms with van der Waals surface area (Å²) in [5, 5.41) is 9.36. The number of carbonyl (C=O) groups is 2. The van der Waals surface area contributed by atoms with E-state index in [0.29, 0.717) is 36.0 Å². The van der Waals surface area contributed by atoms with Crippen molar-refractivity contribution in [2.45, 2.75) is 45.6 Å². The normalized spacial score (nSPS) is 14.8. The summed E-state index contributed by atoms with van der Waals surface area (Å²) in [6.45, 7) is 4.71. The smallest absolute Gasteiger partial charge is 0.261 e. The highest BCUT2D eigenvalue weighted by atomic mass is 35.5. The highest BCUT2D eigenvalue weighted by Gasteiger charge is 2.18. The summed E-state index contributed by atoms with van der Waals surface area (Å²) in [5.74, 6) is 0.176. The van der Waals surface area contributed by atoms with Gasteiger partial charge >= 0.3 is 0 Å². The maximum Gasteiger partial charge on any atom is 0.261 e. The van der Waals surface area contributed by atoms with E-state index in [1.54, 1.807) is 0 Å². The fourth-order valence-electron chi connectivity index (χ4n) is 3.93. The highest BCUT2D eigenvalue weighted by molar-refractivity contribution is 7.20. The summed E-state index contributed by atoms with van der Waals surface area (Å²) in [4.78, 5) is 28.4. The van der Waals surface area contributed by atoms with Crippen molar-refractivity contribution in [1.82, 2.24) is 20.0 Å². The van der Waals surface area contributed by atoms with Crippen molar-refractivity contribution in [2.24, 2.45) is 0 Å². The Labute approximate surface area is 191 Å². The Bertz CT molecular complexity index is 1070. The number of likely N-dealkylation sites (tertiary alicyclic amines) is 1. The van der Waals surface area contributed by atoms with Gasteiger partial charge in [0, 0.05) is 36.5 Å². The summed E-state index contributed by atoms with van der Waals surface area (Å²) >= 11 is 7.44. The van der Waals surface area contributed by atoms with Crippen molar-refractivity contribution in [3.63, 3.8) is 0 Å². The van der Waals surface area contributed by atoms with Gasteiger partial charge in [0.1, 0.15) is 4.83 Å². The van der Waals surface area contributed by atoms with E-state index < -0.39 is 0 Å². The van der Waals surface area contributed by atoms with E-state index in [1.165, 1.54) is 11.3 Å². The summed E-state index contributed by atoms with van der Waals surface area (Å²) < 4.78 is 1.94. The van der Waals surface area contributed by atoms with Crippen molar-refractivity contribution in [3.8, 4) is 0 Å². The first-order chi connectivity index (χ1) is 15.0. The van der Waals surface area contributed by atoms with E-state index in [1.807, 2.05) is 46.8 Å². The van der Waals surface area contributed by atoms with Crippen LogP contribution in [0.15, 0.2) is 30.3 Å². The highest BCUT2D eigenvalue weighted by Crippen LogP contribution is 2.29. The largest absolute Gasteiger partial charge is 0.351 e. The molecule has 0 bridgehead atoms. The zero-order valence-electron chi connectivity index (χ0n) is 17.7. The Hall–Kier alpha value is -2.38. The number of thiophene rings is 1. The molecule has 0 spiro atoms. The maximum absolute atomic E-state index is 12.7. The molecule has 2 amide bonds. The van der Waals surface area contributed by atoms with Gasteiger partial charge in [-0.15, -0.1) is 11.3 Å². The molecule has 4 rings (SSSR count). The minimum atomic E-state index is -0.0687. The average Bonchev–Trinajstić information content (AvgIpc) is 3.24. The third kappa shape index (κ3) is 5.28. The van der Waals surface area contributed by atoms with Crippen LogP contribution in [-0.4, -0.2) is 46.1 Å². The number of hydrogen-bond acceptors (Lipinski definition) is 4. The Morgan fingerprint density at radius 2 is 2.03 bits per heavy atom. The number of nitrogens with zero attached hydrogens (tertiary/aromatic N) is 3. The SMILES string of the molecule is Cc1nn(Cc2ccc(Cl)cc2)c2sc(C(=O)NCCCN3CCCCCC3=O)cc12. The number of amides is 2. The van der Waals surface area contributed by atoms with Crippen LogP contribution in [0.3, 0.4) is 0 Å². The Kier molecular flexibility index (Phi) is 6.92. The number of aryl methyl sites for hydroxylation is 1. The van der Waals surface area contributed by atoms with Crippen LogP contribution in [0.25, 0.3) is 10.2 Å². The molecular weight excluding hydrogens is 432 g/mol. The first kappa shape index (κ1) is 21.8. The van der Waals surface area contributed by atoms with Gasteiger partial charge in [0.05, 0.1) is 17.1 Å². The number of nitrogens with one attached hydrogen (secondary N) is 1. The molecule has 31 heavy (non-hydrogen) atoms. The number of aromatic nitrogens is 2. The van der Waals surface area contributed by atoms with Crippen LogP contribution in [0, 0.1) is 6.92 Å². The topological polar surface area (TPSA) is 67.2 Å². The van der Waals surface area contributed by atoms with E-state index in [-0.39, 0.29) is 11.8 Å². The minimum absolute atomic E-state index is 0.0687.